The van der Waals surface area contributed by atoms with Gasteiger partial charge in [-0.3, -0.25) is 4.79 Å². The molecule has 0 saturated carbocycles. The van der Waals surface area contributed by atoms with E-state index in [1.807, 2.05) is 54.0 Å². The first-order valence-electron chi connectivity index (χ1n) is 9.12. The maximum Gasteiger partial charge on any atom is 0.234 e. The molecule has 1 fully saturated rings. The molecule has 1 atom stereocenters. The summed E-state index contributed by atoms with van der Waals surface area (Å²) in [6, 6.07) is 13.9. The molecule has 1 amide bonds. The molecule has 4 rings (SSSR count). The standard InChI is InChI=1S/C20H22N4O2S/c1-14-22-23-20(24(14)12-16-8-5-11-26-16)27-13-19(25)21-18-10-4-7-15-6-2-3-9-17(15)18/h2-4,6-7,9-10,16H,5,8,11-13H2,1H3,(H,21,25). The number of amides is 1. The van der Waals surface area contributed by atoms with E-state index in [-0.39, 0.29) is 17.8 Å². The SMILES string of the molecule is Cc1nnc(SCC(=O)Nc2cccc3ccccc23)n1CC1CCCO1. The van der Waals surface area contributed by atoms with Crippen LogP contribution in [0.25, 0.3) is 10.8 Å². The van der Waals surface area contributed by atoms with Crippen LogP contribution in [0.15, 0.2) is 47.6 Å². The van der Waals surface area contributed by atoms with Crippen molar-refractivity contribution in [2.45, 2.75) is 37.6 Å². The fourth-order valence-electron chi connectivity index (χ4n) is 3.32. The Labute approximate surface area is 162 Å². The number of nitrogens with one attached hydrogen (secondary N) is 1. The number of carbonyl (C=O) groups excluding carboxylic acids is 1. The van der Waals surface area contributed by atoms with Crippen LogP contribution in [0.2, 0.25) is 0 Å². The second-order valence-electron chi connectivity index (χ2n) is 6.64. The van der Waals surface area contributed by atoms with Crippen molar-refractivity contribution in [1.29, 1.82) is 0 Å². The van der Waals surface area contributed by atoms with Crippen molar-refractivity contribution in [1.82, 2.24) is 14.8 Å². The first-order chi connectivity index (χ1) is 13.2. The van der Waals surface area contributed by atoms with Gasteiger partial charge in [0.1, 0.15) is 5.82 Å². The van der Waals surface area contributed by atoms with Gasteiger partial charge >= 0.3 is 0 Å². The summed E-state index contributed by atoms with van der Waals surface area (Å²) in [4.78, 5) is 12.5. The van der Waals surface area contributed by atoms with Crippen molar-refractivity contribution >= 4 is 34.1 Å². The number of nitrogens with zero attached hydrogens (tertiary/aromatic N) is 3. The van der Waals surface area contributed by atoms with Gasteiger partial charge in [-0.05, 0) is 31.2 Å². The van der Waals surface area contributed by atoms with Gasteiger partial charge in [-0.15, -0.1) is 10.2 Å². The number of hydrogen-bond acceptors (Lipinski definition) is 5. The van der Waals surface area contributed by atoms with Crippen molar-refractivity contribution in [2.24, 2.45) is 0 Å². The molecule has 2 aromatic carbocycles. The van der Waals surface area contributed by atoms with E-state index in [4.69, 9.17) is 4.74 Å². The fourth-order valence-corrected chi connectivity index (χ4v) is 4.11. The van der Waals surface area contributed by atoms with Gasteiger partial charge in [-0.25, -0.2) is 0 Å². The van der Waals surface area contributed by atoms with Crippen molar-refractivity contribution in [3.63, 3.8) is 0 Å². The molecule has 1 aromatic heterocycles. The molecular formula is C20H22N4O2S. The van der Waals surface area contributed by atoms with Gasteiger partial charge in [0.2, 0.25) is 5.91 Å². The molecule has 7 heteroatoms. The van der Waals surface area contributed by atoms with Crippen molar-refractivity contribution in [3.8, 4) is 0 Å². The summed E-state index contributed by atoms with van der Waals surface area (Å²) >= 11 is 1.41. The Morgan fingerprint density at radius 1 is 1.26 bits per heavy atom. The van der Waals surface area contributed by atoms with Gasteiger partial charge in [0.25, 0.3) is 0 Å². The number of rotatable bonds is 6. The van der Waals surface area contributed by atoms with Crippen molar-refractivity contribution < 1.29 is 9.53 Å². The van der Waals surface area contributed by atoms with E-state index in [1.165, 1.54) is 11.8 Å². The van der Waals surface area contributed by atoms with Crippen LogP contribution in [-0.4, -0.2) is 39.1 Å². The maximum absolute atomic E-state index is 12.5. The molecule has 0 spiro atoms. The van der Waals surface area contributed by atoms with Crippen molar-refractivity contribution in [3.05, 3.63) is 48.3 Å². The Kier molecular flexibility index (Phi) is 5.40. The van der Waals surface area contributed by atoms with Crippen LogP contribution in [0.4, 0.5) is 5.69 Å². The summed E-state index contributed by atoms with van der Waals surface area (Å²) in [7, 11) is 0. The van der Waals surface area contributed by atoms with Gasteiger partial charge in [-0.2, -0.15) is 0 Å². The zero-order chi connectivity index (χ0) is 18.6. The quantitative estimate of drug-likeness (QED) is 0.659. The smallest absolute Gasteiger partial charge is 0.234 e. The van der Waals surface area contributed by atoms with E-state index < -0.39 is 0 Å². The number of carbonyl (C=O) groups is 1. The number of anilines is 1. The normalized spacial score (nSPS) is 16.7. The topological polar surface area (TPSA) is 69.0 Å². The molecule has 3 aromatic rings. The highest BCUT2D eigenvalue weighted by molar-refractivity contribution is 7.99. The largest absolute Gasteiger partial charge is 0.376 e. The third kappa shape index (κ3) is 4.14. The van der Waals surface area contributed by atoms with Gasteiger partial charge in [-0.1, -0.05) is 48.2 Å². The molecule has 0 radical (unpaired) electrons. The molecule has 140 valence electrons. The minimum atomic E-state index is -0.0549. The molecule has 1 saturated heterocycles. The van der Waals surface area contributed by atoms with E-state index in [0.717, 1.165) is 53.4 Å². The lowest BCUT2D eigenvalue weighted by atomic mass is 10.1. The number of fused-ring (bicyclic) bond motifs is 1. The molecule has 0 aliphatic carbocycles. The molecule has 27 heavy (non-hydrogen) atoms. The first kappa shape index (κ1) is 18.0. The molecule has 1 aliphatic rings. The minimum absolute atomic E-state index is 0.0549. The van der Waals surface area contributed by atoms with Crippen LogP contribution in [0.1, 0.15) is 18.7 Å². The number of aromatic nitrogens is 3. The lowest BCUT2D eigenvalue weighted by Crippen LogP contribution is -2.18. The van der Waals surface area contributed by atoms with Gasteiger partial charge in [0.15, 0.2) is 5.16 Å². The number of ether oxygens (including phenoxy) is 1. The van der Waals surface area contributed by atoms with Crippen LogP contribution in [-0.2, 0) is 16.1 Å². The predicted molar refractivity (Wildman–Crippen MR) is 107 cm³/mol. The predicted octanol–water partition coefficient (Wildman–Crippen LogP) is 3.65. The van der Waals surface area contributed by atoms with E-state index >= 15 is 0 Å². The van der Waals surface area contributed by atoms with Crippen LogP contribution >= 0.6 is 11.8 Å². The van der Waals surface area contributed by atoms with Gasteiger partial charge < -0.3 is 14.6 Å². The minimum Gasteiger partial charge on any atom is -0.376 e. The molecule has 1 N–H and O–H groups in total. The summed E-state index contributed by atoms with van der Waals surface area (Å²) in [6.45, 7) is 3.50. The molecule has 6 nitrogen and oxygen atoms in total. The highest BCUT2D eigenvalue weighted by Crippen LogP contribution is 2.24. The highest BCUT2D eigenvalue weighted by atomic mass is 32.2. The molecule has 1 unspecified atom stereocenters. The summed E-state index contributed by atoms with van der Waals surface area (Å²) in [5.41, 5.74) is 0.829. The second-order valence-corrected chi connectivity index (χ2v) is 7.58. The summed E-state index contributed by atoms with van der Waals surface area (Å²) in [5, 5.41) is 14.3. The van der Waals surface area contributed by atoms with E-state index in [9.17, 15) is 4.79 Å². The van der Waals surface area contributed by atoms with E-state index in [2.05, 4.69) is 15.5 Å². The summed E-state index contributed by atoms with van der Waals surface area (Å²) in [6.07, 6.45) is 2.37. The number of benzene rings is 2. The lowest BCUT2D eigenvalue weighted by molar-refractivity contribution is -0.113. The average molecular weight is 382 g/mol. The Morgan fingerprint density at radius 2 is 2.11 bits per heavy atom. The van der Waals surface area contributed by atoms with Crippen LogP contribution in [0, 0.1) is 6.92 Å². The lowest BCUT2D eigenvalue weighted by Gasteiger charge is -2.13. The van der Waals surface area contributed by atoms with Crippen molar-refractivity contribution in [2.75, 3.05) is 17.7 Å². The zero-order valence-electron chi connectivity index (χ0n) is 15.2. The summed E-state index contributed by atoms with van der Waals surface area (Å²) in [5.74, 6) is 1.08. The molecule has 1 aliphatic heterocycles. The number of hydrogen-bond donors (Lipinski definition) is 1. The third-order valence-corrected chi connectivity index (χ3v) is 5.67. The summed E-state index contributed by atoms with van der Waals surface area (Å²) < 4.78 is 7.76. The van der Waals surface area contributed by atoms with Gasteiger partial charge in [0.05, 0.1) is 18.4 Å². The molecule has 2 heterocycles. The number of aryl methyl sites for hydroxylation is 1. The third-order valence-electron chi connectivity index (χ3n) is 4.71. The molecule has 0 bridgehead atoms. The van der Waals surface area contributed by atoms with Crippen LogP contribution in [0.5, 0.6) is 0 Å². The zero-order valence-corrected chi connectivity index (χ0v) is 16.0. The highest BCUT2D eigenvalue weighted by Gasteiger charge is 2.20. The molecular weight excluding hydrogens is 360 g/mol. The van der Waals surface area contributed by atoms with E-state index in [1.54, 1.807) is 0 Å². The van der Waals surface area contributed by atoms with Gasteiger partial charge in [0, 0.05) is 17.7 Å². The maximum atomic E-state index is 12.5. The Bertz CT molecular complexity index is 945. The Morgan fingerprint density at radius 3 is 2.96 bits per heavy atom. The van der Waals surface area contributed by atoms with E-state index in [0.29, 0.717) is 0 Å². The monoisotopic (exact) mass is 382 g/mol. The second kappa shape index (κ2) is 8.10. The first-order valence-corrected chi connectivity index (χ1v) is 10.1. The van der Waals surface area contributed by atoms with Crippen LogP contribution < -0.4 is 5.32 Å². The fraction of sp³-hybridized carbons (Fsp3) is 0.350. The van der Waals surface area contributed by atoms with Crippen LogP contribution in [0.3, 0.4) is 0 Å². The Hall–Kier alpha value is -2.38. The number of thioether (sulfide) groups is 1. The Balaban J connectivity index is 1.41. The average Bonchev–Trinajstić information content (AvgIpc) is 3.32.